The molecule has 0 aliphatic carbocycles. The average Bonchev–Trinajstić information content (AvgIpc) is 2.95. The van der Waals surface area contributed by atoms with Crippen molar-refractivity contribution in [2.75, 3.05) is 31.1 Å². The number of nitrogens with zero attached hydrogens (tertiary/aromatic N) is 4. The predicted molar refractivity (Wildman–Crippen MR) is 106 cm³/mol. The van der Waals surface area contributed by atoms with Crippen LogP contribution in [0.25, 0.3) is 10.9 Å². The van der Waals surface area contributed by atoms with Gasteiger partial charge in [0, 0.05) is 56.4 Å². The molecule has 0 atom stereocenters. The van der Waals surface area contributed by atoms with Gasteiger partial charge in [0.15, 0.2) is 0 Å². The number of hydrogen-bond acceptors (Lipinski definition) is 3. The smallest absolute Gasteiger partial charge is 0.102 e. The SMILES string of the molecule is Cc1ccccc1N1CCN(Cc2c(C#N)c3ccccc3n2C)CC1. The zero-order valence-corrected chi connectivity index (χ0v) is 15.4. The Morgan fingerprint density at radius 2 is 1.65 bits per heavy atom. The van der Waals surface area contributed by atoms with Gasteiger partial charge in [0.05, 0.1) is 11.3 Å². The van der Waals surface area contributed by atoms with Crippen molar-refractivity contribution in [1.29, 1.82) is 5.26 Å². The molecule has 0 unspecified atom stereocenters. The Hall–Kier alpha value is -2.77. The minimum absolute atomic E-state index is 0.824. The summed E-state index contributed by atoms with van der Waals surface area (Å²) >= 11 is 0. The van der Waals surface area contributed by atoms with Gasteiger partial charge in [-0.25, -0.2) is 0 Å². The molecule has 3 aromatic rings. The van der Waals surface area contributed by atoms with E-state index in [4.69, 9.17) is 0 Å². The fraction of sp³-hybridized carbons (Fsp3) is 0.318. The van der Waals surface area contributed by atoms with Crippen LogP contribution in [0.1, 0.15) is 16.8 Å². The molecule has 26 heavy (non-hydrogen) atoms. The average molecular weight is 344 g/mol. The predicted octanol–water partition coefficient (Wildman–Crippen LogP) is 3.68. The Labute approximate surface area is 154 Å². The van der Waals surface area contributed by atoms with Crippen molar-refractivity contribution in [3.63, 3.8) is 0 Å². The quantitative estimate of drug-likeness (QED) is 0.727. The summed E-state index contributed by atoms with van der Waals surface area (Å²) in [4.78, 5) is 4.93. The van der Waals surface area contributed by atoms with Crippen LogP contribution in [0.5, 0.6) is 0 Å². The molecule has 2 aromatic carbocycles. The highest BCUT2D eigenvalue weighted by molar-refractivity contribution is 5.88. The number of aromatic nitrogens is 1. The van der Waals surface area contributed by atoms with E-state index in [1.807, 2.05) is 18.2 Å². The van der Waals surface area contributed by atoms with Crippen LogP contribution in [0, 0.1) is 18.3 Å². The summed E-state index contributed by atoms with van der Waals surface area (Å²) in [6, 6.07) is 19.2. The van der Waals surface area contributed by atoms with Crippen molar-refractivity contribution in [3.05, 3.63) is 65.4 Å². The number of para-hydroxylation sites is 2. The Balaban J connectivity index is 1.52. The summed E-state index contributed by atoms with van der Waals surface area (Å²) in [5, 5.41) is 10.8. The number of rotatable bonds is 3. The molecule has 4 heteroatoms. The third kappa shape index (κ3) is 2.85. The maximum atomic E-state index is 9.69. The first-order valence-corrected chi connectivity index (χ1v) is 9.18. The van der Waals surface area contributed by atoms with E-state index < -0.39 is 0 Å². The van der Waals surface area contributed by atoms with Gasteiger partial charge in [0.2, 0.25) is 0 Å². The van der Waals surface area contributed by atoms with Crippen molar-refractivity contribution in [2.45, 2.75) is 13.5 Å². The minimum atomic E-state index is 0.824. The summed E-state index contributed by atoms with van der Waals surface area (Å²) in [5.41, 5.74) is 5.76. The molecule has 0 N–H and O–H groups in total. The van der Waals surface area contributed by atoms with E-state index in [0.717, 1.165) is 54.9 Å². The van der Waals surface area contributed by atoms with Gasteiger partial charge in [-0.15, -0.1) is 0 Å². The molecule has 1 aliphatic heterocycles. The van der Waals surface area contributed by atoms with Crippen LogP contribution in [-0.4, -0.2) is 35.6 Å². The Kier molecular flexibility index (Phi) is 4.40. The van der Waals surface area contributed by atoms with Crippen LogP contribution >= 0.6 is 0 Å². The fourth-order valence-electron chi connectivity index (χ4n) is 4.03. The lowest BCUT2D eigenvalue weighted by Crippen LogP contribution is -2.46. The third-order valence-electron chi connectivity index (χ3n) is 5.54. The van der Waals surface area contributed by atoms with E-state index in [2.05, 4.69) is 64.7 Å². The maximum absolute atomic E-state index is 9.69. The first kappa shape index (κ1) is 16.7. The van der Waals surface area contributed by atoms with Gasteiger partial charge in [-0.2, -0.15) is 5.26 Å². The Bertz CT molecular complexity index is 971. The number of nitriles is 1. The van der Waals surface area contributed by atoms with Crippen molar-refractivity contribution in [1.82, 2.24) is 9.47 Å². The maximum Gasteiger partial charge on any atom is 0.102 e. The number of aryl methyl sites for hydroxylation is 2. The van der Waals surface area contributed by atoms with Crippen LogP contribution in [-0.2, 0) is 13.6 Å². The topological polar surface area (TPSA) is 35.2 Å². The molecule has 0 radical (unpaired) electrons. The molecular weight excluding hydrogens is 320 g/mol. The first-order valence-electron chi connectivity index (χ1n) is 9.18. The Morgan fingerprint density at radius 3 is 2.38 bits per heavy atom. The second-order valence-corrected chi connectivity index (χ2v) is 7.06. The molecule has 0 spiro atoms. The van der Waals surface area contributed by atoms with E-state index in [0.29, 0.717) is 0 Å². The van der Waals surface area contributed by atoms with E-state index >= 15 is 0 Å². The Morgan fingerprint density at radius 1 is 0.962 bits per heavy atom. The number of piperazine rings is 1. The molecule has 2 heterocycles. The first-order chi connectivity index (χ1) is 12.7. The van der Waals surface area contributed by atoms with Gasteiger partial charge in [0.1, 0.15) is 6.07 Å². The standard InChI is InChI=1S/C22H24N4/c1-17-7-3-5-9-20(17)26-13-11-25(12-14-26)16-22-19(15-23)18-8-4-6-10-21(18)24(22)2/h3-10H,11-14,16H2,1-2H3. The summed E-state index contributed by atoms with van der Waals surface area (Å²) in [7, 11) is 2.07. The second kappa shape index (κ2) is 6.86. The van der Waals surface area contributed by atoms with Gasteiger partial charge in [0.25, 0.3) is 0 Å². The number of anilines is 1. The number of benzene rings is 2. The van der Waals surface area contributed by atoms with E-state index in [9.17, 15) is 5.26 Å². The molecular formula is C22H24N4. The zero-order chi connectivity index (χ0) is 18.1. The van der Waals surface area contributed by atoms with Crippen molar-refractivity contribution < 1.29 is 0 Å². The molecule has 0 bridgehead atoms. The van der Waals surface area contributed by atoms with E-state index in [-0.39, 0.29) is 0 Å². The lowest BCUT2D eigenvalue weighted by molar-refractivity contribution is 0.245. The molecule has 132 valence electrons. The van der Waals surface area contributed by atoms with Gasteiger partial charge < -0.3 is 9.47 Å². The molecule has 1 aliphatic rings. The van der Waals surface area contributed by atoms with E-state index in [1.54, 1.807) is 0 Å². The molecule has 1 saturated heterocycles. The van der Waals surface area contributed by atoms with Crippen molar-refractivity contribution in [3.8, 4) is 6.07 Å². The van der Waals surface area contributed by atoms with Crippen LogP contribution in [0.15, 0.2) is 48.5 Å². The lowest BCUT2D eigenvalue weighted by atomic mass is 10.1. The third-order valence-corrected chi connectivity index (χ3v) is 5.54. The van der Waals surface area contributed by atoms with Crippen LogP contribution in [0.3, 0.4) is 0 Å². The van der Waals surface area contributed by atoms with Gasteiger partial charge in [-0.05, 0) is 24.6 Å². The second-order valence-electron chi connectivity index (χ2n) is 7.06. The monoisotopic (exact) mass is 344 g/mol. The number of hydrogen-bond donors (Lipinski definition) is 0. The van der Waals surface area contributed by atoms with Crippen molar-refractivity contribution >= 4 is 16.6 Å². The minimum Gasteiger partial charge on any atom is -0.369 e. The van der Waals surface area contributed by atoms with Gasteiger partial charge >= 0.3 is 0 Å². The highest BCUT2D eigenvalue weighted by atomic mass is 15.3. The van der Waals surface area contributed by atoms with Crippen molar-refractivity contribution in [2.24, 2.45) is 7.05 Å². The zero-order valence-electron chi connectivity index (χ0n) is 15.4. The van der Waals surface area contributed by atoms with Gasteiger partial charge in [-0.1, -0.05) is 36.4 Å². The summed E-state index contributed by atoms with van der Waals surface area (Å²) < 4.78 is 2.18. The molecule has 0 saturated carbocycles. The lowest BCUT2D eigenvalue weighted by Gasteiger charge is -2.36. The molecule has 4 rings (SSSR count). The molecule has 0 amide bonds. The summed E-state index contributed by atoms with van der Waals surface area (Å²) in [6.07, 6.45) is 0. The van der Waals surface area contributed by atoms with E-state index in [1.165, 1.54) is 11.3 Å². The largest absolute Gasteiger partial charge is 0.369 e. The summed E-state index contributed by atoms with van der Waals surface area (Å²) in [5.74, 6) is 0. The number of fused-ring (bicyclic) bond motifs is 1. The normalized spacial score (nSPS) is 15.3. The highest BCUT2D eigenvalue weighted by Crippen LogP contribution is 2.27. The highest BCUT2D eigenvalue weighted by Gasteiger charge is 2.22. The van der Waals surface area contributed by atoms with Crippen LogP contribution in [0.4, 0.5) is 5.69 Å². The molecule has 1 aromatic heterocycles. The molecule has 4 nitrogen and oxygen atoms in total. The van der Waals surface area contributed by atoms with Crippen LogP contribution < -0.4 is 4.90 Å². The fourth-order valence-corrected chi connectivity index (χ4v) is 4.03. The van der Waals surface area contributed by atoms with Crippen LogP contribution in [0.2, 0.25) is 0 Å². The van der Waals surface area contributed by atoms with Gasteiger partial charge in [-0.3, -0.25) is 4.90 Å². The summed E-state index contributed by atoms with van der Waals surface area (Å²) in [6.45, 7) is 7.08. The molecule has 1 fully saturated rings.